The van der Waals surface area contributed by atoms with Crippen LogP contribution in [0.25, 0.3) is 10.8 Å². The van der Waals surface area contributed by atoms with E-state index in [-0.39, 0.29) is 11.7 Å². The number of hydrogen-bond acceptors (Lipinski definition) is 2. The van der Waals surface area contributed by atoms with Crippen LogP contribution in [0.2, 0.25) is 0 Å². The maximum atomic E-state index is 11.0. The maximum Gasteiger partial charge on any atom is 0.226 e. The van der Waals surface area contributed by atoms with Gasteiger partial charge in [-0.15, -0.1) is 0 Å². The molecule has 2 aromatic rings. The molecule has 0 aromatic heterocycles. The monoisotopic (exact) mass is 247 g/mol. The quantitative estimate of drug-likeness (QED) is 0.777. The summed E-state index contributed by atoms with van der Waals surface area (Å²) in [5.41, 5.74) is 2.12. The Morgan fingerprint density at radius 1 is 1.12 bits per heavy atom. The van der Waals surface area contributed by atoms with E-state index in [1.807, 2.05) is 44.4 Å². The molecule has 0 atom stereocenters. The van der Waals surface area contributed by atoms with Crippen LogP contribution in [0.15, 0.2) is 36.4 Å². The molecule has 0 aliphatic heterocycles. The van der Waals surface area contributed by atoms with Crippen molar-refractivity contribution in [2.45, 2.75) is 6.42 Å². The van der Waals surface area contributed by atoms with Gasteiger partial charge in [-0.2, -0.15) is 0 Å². The number of hydrogen-bond donors (Lipinski definition) is 0. The Morgan fingerprint density at radius 2 is 1.76 bits per heavy atom. The minimum absolute atomic E-state index is 0.274. The molecule has 0 radical (unpaired) electrons. The van der Waals surface area contributed by atoms with Gasteiger partial charge < -0.3 is 4.90 Å². The van der Waals surface area contributed by atoms with E-state index in [1.54, 1.807) is 0 Å². The summed E-state index contributed by atoms with van der Waals surface area (Å²) >= 11 is 5.47. The first-order chi connectivity index (χ1) is 8.09. The average molecular weight is 248 g/mol. The van der Waals surface area contributed by atoms with Crippen LogP contribution in [-0.4, -0.2) is 19.3 Å². The number of anilines is 1. The van der Waals surface area contributed by atoms with Gasteiger partial charge in [-0.25, -0.2) is 0 Å². The minimum Gasteiger partial charge on any atom is -0.377 e. The van der Waals surface area contributed by atoms with Gasteiger partial charge in [0.25, 0.3) is 0 Å². The highest BCUT2D eigenvalue weighted by Gasteiger charge is 2.08. The van der Waals surface area contributed by atoms with E-state index in [1.165, 1.54) is 0 Å². The van der Waals surface area contributed by atoms with Gasteiger partial charge in [-0.3, -0.25) is 4.79 Å². The van der Waals surface area contributed by atoms with Crippen LogP contribution in [0.5, 0.6) is 0 Å². The van der Waals surface area contributed by atoms with Crippen LogP contribution in [0.4, 0.5) is 5.69 Å². The molecule has 0 saturated heterocycles. The van der Waals surface area contributed by atoms with Crippen molar-refractivity contribution < 1.29 is 4.79 Å². The number of fused-ring (bicyclic) bond motifs is 1. The van der Waals surface area contributed by atoms with E-state index in [0.717, 1.165) is 22.0 Å². The Kier molecular flexibility index (Phi) is 3.34. The second kappa shape index (κ2) is 4.76. The van der Waals surface area contributed by atoms with Gasteiger partial charge in [0, 0.05) is 31.6 Å². The normalized spacial score (nSPS) is 10.5. The summed E-state index contributed by atoms with van der Waals surface area (Å²) in [7, 11) is 4.02. The molecular formula is C14H14ClNO. The Balaban J connectivity index is 2.66. The zero-order chi connectivity index (χ0) is 12.4. The highest BCUT2D eigenvalue weighted by atomic mass is 35.5. The van der Waals surface area contributed by atoms with E-state index in [4.69, 9.17) is 11.6 Å². The molecule has 0 aliphatic carbocycles. The molecule has 0 amide bonds. The molecule has 0 saturated carbocycles. The van der Waals surface area contributed by atoms with Gasteiger partial charge in [0.2, 0.25) is 5.24 Å². The third-order valence-electron chi connectivity index (χ3n) is 2.80. The van der Waals surface area contributed by atoms with Crippen molar-refractivity contribution in [1.29, 1.82) is 0 Å². The summed E-state index contributed by atoms with van der Waals surface area (Å²) in [6, 6.07) is 12.1. The van der Waals surface area contributed by atoms with E-state index in [9.17, 15) is 4.79 Å². The van der Waals surface area contributed by atoms with E-state index in [0.29, 0.717) is 0 Å². The molecule has 0 N–H and O–H groups in total. The van der Waals surface area contributed by atoms with Crippen molar-refractivity contribution in [3.8, 4) is 0 Å². The fourth-order valence-electron chi connectivity index (χ4n) is 2.04. The van der Waals surface area contributed by atoms with Gasteiger partial charge in [0.15, 0.2) is 0 Å². The van der Waals surface area contributed by atoms with Crippen LogP contribution in [0.3, 0.4) is 0 Å². The number of halogens is 1. The molecule has 2 rings (SSSR count). The van der Waals surface area contributed by atoms with Crippen molar-refractivity contribution >= 4 is 33.3 Å². The summed E-state index contributed by atoms with van der Waals surface area (Å²) in [6.07, 6.45) is 0.274. The molecule has 17 heavy (non-hydrogen) atoms. The van der Waals surface area contributed by atoms with Crippen molar-refractivity contribution in [2.24, 2.45) is 0 Å². The van der Waals surface area contributed by atoms with Crippen molar-refractivity contribution in [3.63, 3.8) is 0 Å². The first-order valence-corrected chi connectivity index (χ1v) is 5.83. The lowest BCUT2D eigenvalue weighted by atomic mass is 10.0. The zero-order valence-corrected chi connectivity index (χ0v) is 10.7. The fourth-order valence-corrected chi connectivity index (χ4v) is 2.18. The number of carbonyl (C=O) groups is 1. The van der Waals surface area contributed by atoms with Gasteiger partial charge in [0.05, 0.1) is 0 Å². The van der Waals surface area contributed by atoms with Crippen molar-refractivity contribution in [2.75, 3.05) is 19.0 Å². The van der Waals surface area contributed by atoms with Gasteiger partial charge in [-0.1, -0.05) is 30.3 Å². The Hall–Kier alpha value is -1.54. The highest BCUT2D eigenvalue weighted by Crippen LogP contribution is 2.28. The van der Waals surface area contributed by atoms with Crippen LogP contribution in [-0.2, 0) is 11.2 Å². The second-order valence-corrected chi connectivity index (χ2v) is 4.64. The van der Waals surface area contributed by atoms with E-state index >= 15 is 0 Å². The number of rotatable bonds is 3. The Morgan fingerprint density at radius 3 is 2.35 bits per heavy atom. The standard InChI is InChI=1S/C14H14ClNO/c1-16(2)13-8-7-10(9-14(15)17)11-5-3-4-6-12(11)13/h3-8H,9H2,1-2H3. The molecule has 0 aliphatic rings. The highest BCUT2D eigenvalue weighted by molar-refractivity contribution is 6.63. The first-order valence-electron chi connectivity index (χ1n) is 5.46. The van der Waals surface area contributed by atoms with Crippen LogP contribution in [0.1, 0.15) is 5.56 Å². The summed E-state index contributed by atoms with van der Waals surface area (Å²) in [5.74, 6) is 0. The molecule has 2 aromatic carbocycles. The minimum atomic E-state index is -0.326. The van der Waals surface area contributed by atoms with Gasteiger partial charge in [-0.05, 0) is 28.6 Å². The Bertz CT molecular complexity index is 563. The van der Waals surface area contributed by atoms with Gasteiger partial charge >= 0.3 is 0 Å². The van der Waals surface area contributed by atoms with Crippen molar-refractivity contribution in [3.05, 3.63) is 42.0 Å². The van der Waals surface area contributed by atoms with Gasteiger partial charge in [0.1, 0.15) is 0 Å². The second-order valence-electron chi connectivity index (χ2n) is 4.22. The topological polar surface area (TPSA) is 20.3 Å². The molecule has 2 nitrogen and oxygen atoms in total. The smallest absolute Gasteiger partial charge is 0.226 e. The third-order valence-corrected chi connectivity index (χ3v) is 2.94. The largest absolute Gasteiger partial charge is 0.377 e. The summed E-state index contributed by atoms with van der Waals surface area (Å²) in [4.78, 5) is 13.1. The SMILES string of the molecule is CN(C)c1ccc(CC(=O)Cl)c2ccccc12. The van der Waals surface area contributed by atoms with E-state index < -0.39 is 0 Å². The number of benzene rings is 2. The van der Waals surface area contributed by atoms with Crippen LogP contribution in [0, 0.1) is 0 Å². The summed E-state index contributed by atoms with van der Waals surface area (Å²) < 4.78 is 0. The van der Waals surface area contributed by atoms with E-state index in [2.05, 4.69) is 11.0 Å². The molecule has 3 heteroatoms. The lowest BCUT2D eigenvalue weighted by molar-refractivity contribution is -0.111. The predicted octanol–water partition coefficient (Wildman–Crippen LogP) is 3.21. The molecule has 0 bridgehead atoms. The van der Waals surface area contributed by atoms with Crippen molar-refractivity contribution in [1.82, 2.24) is 0 Å². The molecule has 0 heterocycles. The summed E-state index contributed by atoms with van der Waals surface area (Å²) in [6.45, 7) is 0. The van der Waals surface area contributed by atoms with Crippen LogP contribution < -0.4 is 4.90 Å². The molecule has 0 unspecified atom stereocenters. The molecule has 0 spiro atoms. The Labute approximate surface area is 106 Å². The average Bonchev–Trinajstić information content (AvgIpc) is 2.28. The third kappa shape index (κ3) is 2.42. The lowest BCUT2D eigenvalue weighted by Gasteiger charge is -2.17. The molecule has 0 fully saturated rings. The predicted molar refractivity (Wildman–Crippen MR) is 72.8 cm³/mol. The zero-order valence-electron chi connectivity index (χ0n) is 9.90. The molecular weight excluding hydrogens is 234 g/mol. The fraction of sp³-hybridized carbons (Fsp3) is 0.214. The molecule has 88 valence electrons. The number of nitrogens with zero attached hydrogens (tertiary/aromatic N) is 1. The summed E-state index contributed by atoms with van der Waals surface area (Å²) in [5, 5.41) is 1.91. The lowest BCUT2D eigenvalue weighted by Crippen LogP contribution is -2.09. The maximum absolute atomic E-state index is 11.0. The number of carbonyl (C=O) groups excluding carboxylic acids is 1. The van der Waals surface area contributed by atoms with Crippen LogP contribution >= 0.6 is 11.6 Å². The first kappa shape index (κ1) is 11.9.